The number of ether oxygens (including phenoxy) is 2. The Kier molecular flexibility index (Phi) is 7.46. The van der Waals surface area contributed by atoms with E-state index in [0.29, 0.717) is 11.6 Å². The number of benzene rings is 2. The largest absolute Gasteiger partial charge is 0.507 e. The number of halogens is 1. The van der Waals surface area contributed by atoms with Crippen molar-refractivity contribution in [3.8, 4) is 5.75 Å². The topological polar surface area (TPSA) is 88.1 Å². The molecule has 0 radical (unpaired) electrons. The molecule has 3 rings (SSSR count). The van der Waals surface area contributed by atoms with E-state index >= 15 is 0 Å². The molecule has 7 nitrogen and oxygen atoms in total. The molecule has 1 aliphatic rings. The summed E-state index contributed by atoms with van der Waals surface area (Å²) < 4.78 is 10.4. The Balaban J connectivity index is 1.49. The number of amides is 1. The normalized spacial score (nSPS) is 14.4. The molecule has 2 aromatic rings. The molecule has 0 unspecified atom stereocenters. The quantitative estimate of drug-likeness (QED) is 0.671. The van der Waals surface area contributed by atoms with Crippen molar-refractivity contribution in [3.63, 3.8) is 0 Å². The van der Waals surface area contributed by atoms with Gasteiger partial charge in [-0.25, -0.2) is 4.79 Å². The van der Waals surface area contributed by atoms with Gasteiger partial charge in [-0.05, 0) is 29.3 Å². The van der Waals surface area contributed by atoms with Crippen LogP contribution >= 0.6 is 11.6 Å². The number of hydrogen-bond acceptors (Lipinski definition) is 6. The zero-order chi connectivity index (χ0) is 20.6. The Labute approximate surface area is 174 Å². The molecule has 0 saturated carbocycles. The number of hydrogen-bond donors (Lipinski definition) is 2. The summed E-state index contributed by atoms with van der Waals surface area (Å²) in [5.74, 6) is -1.50. The average Bonchev–Trinajstić information content (AvgIpc) is 2.72. The van der Waals surface area contributed by atoms with Gasteiger partial charge < -0.3 is 19.9 Å². The summed E-state index contributed by atoms with van der Waals surface area (Å²) in [6, 6.07) is 12.0. The van der Waals surface area contributed by atoms with Crippen LogP contribution in [0.15, 0.2) is 42.5 Å². The number of aromatic hydroxyl groups is 1. The molecule has 2 N–H and O–H groups in total. The maximum atomic E-state index is 12.1. The maximum absolute atomic E-state index is 12.1. The van der Waals surface area contributed by atoms with Gasteiger partial charge in [-0.2, -0.15) is 0 Å². The molecule has 0 atom stereocenters. The number of morpholine rings is 1. The monoisotopic (exact) mass is 418 g/mol. The molecule has 2 aromatic carbocycles. The Morgan fingerprint density at radius 2 is 1.86 bits per heavy atom. The van der Waals surface area contributed by atoms with Gasteiger partial charge in [0.1, 0.15) is 11.3 Å². The molecule has 1 heterocycles. The Bertz CT molecular complexity index is 868. The fourth-order valence-electron chi connectivity index (χ4n) is 3.02. The molecule has 29 heavy (non-hydrogen) atoms. The third-order valence-corrected chi connectivity index (χ3v) is 4.84. The van der Waals surface area contributed by atoms with E-state index in [1.807, 2.05) is 24.3 Å². The summed E-state index contributed by atoms with van der Waals surface area (Å²) in [5, 5.41) is 12.8. The van der Waals surface area contributed by atoms with Crippen LogP contribution in [0.5, 0.6) is 5.75 Å². The molecule has 0 aromatic heterocycles. The van der Waals surface area contributed by atoms with Crippen molar-refractivity contribution in [2.24, 2.45) is 0 Å². The average molecular weight is 419 g/mol. The molecule has 8 heteroatoms. The van der Waals surface area contributed by atoms with Gasteiger partial charge in [-0.3, -0.25) is 9.69 Å². The van der Waals surface area contributed by atoms with E-state index in [0.717, 1.165) is 44.0 Å². The molecular formula is C21H23ClN2O5. The zero-order valence-electron chi connectivity index (χ0n) is 15.9. The predicted octanol–water partition coefficient (Wildman–Crippen LogP) is 2.35. The first-order chi connectivity index (χ1) is 14.0. The number of carbonyl (C=O) groups is 2. The van der Waals surface area contributed by atoms with Crippen molar-refractivity contribution in [2.45, 2.75) is 13.1 Å². The third-order valence-electron chi connectivity index (χ3n) is 4.61. The lowest BCUT2D eigenvalue weighted by Gasteiger charge is -2.27. The molecule has 1 saturated heterocycles. The second-order valence-corrected chi connectivity index (χ2v) is 7.11. The van der Waals surface area contributed by atoms with Gasteiger partial charge in [0, 0.05) is 31.2 Å². The van der Waals surface area contributed by atoms with Gasteiger partial charge in [0.25, 0.3) is 5.91 Å². The van der Waals surface area contributed by atoms with Crippen molar-refractivity contribution < 1.29 is 24.2 Å². The standard InChI is InChI=1S/C21H23ClN2O5/c22-17-5-6-18(19(25)11-17)21(27)29-14-20(26)23-12-15-3-1-2-4-16(15)13-24-7-9-28-10-8-24/h1-6,11,25H,7-10,12-14H2,(H,23,26). The van der Waals surface area contributed by atoms with Crippen LogP contribution in [0, 0.1) is 0 Å². The van der Waals surface area contributed by atoms with E-state index in [1.165, 1.54) is 18.2 Å². The van der Waals surface area contributed by atoms with Crippen LogP contribution in [0.3, 0.4) is 0 Å². The van der Waals surface area contributed by atoms with Gasteiger partial charge in [-0.15, -0.1) is 0 Å². The lowest BCUT2D eigenvalue weighted by Crippen LogP contribution is -2.36. The van der Waals surface area contributed by atoms with Gasteiger partial charge in [-0.1, -0.05) is 35.9 Å². The first-order valence-corrected chi connectivity index (χ1v) is 9.70. The molecule has 0 bridgehead atoms. The number of nitrogens with one attached hydrogen (secondary N) is 1. The minimum Gasteiger partial charge on any atom is -0.507 e. The van der Waals surface area contributed by atoms with Crippen LogP contribution in [0.25, 0.3) is 0 Å². The van der Waals surface area contributed by atoms with E-state index in [-0.39, 0.29) is 11.3 Å². The SMILES string of the molecule is O=C(COC(=O)c1ccc(Cl)cc1O)NCc1ccccc1CN1CCOCC1. The van der Waals surface area contributed by atoms with Crippen molar-refractivity contribution >= 4 is 23.5 Å². The first-order valence-electron chi connectivity index (χ1n) is 9.32. The van der Waals surface area contributed by atoms with Crippen LogP contribution in [0.2, 0.25) is 5.02 Å². The fraction of sp³-hybridized carbons (Fsp3) is 0.333. The predicted molar refractivity (Wildman–Crippen MR) is 108 cm³/mol. The third kappa shape index (κ3) is 6.19. The first kappa shape index (κ1) is 21.1. The maximum Gasteiger partial charge on any atom is 0.342 e. The zero-order valence-corrected chi connectivity index (χ0v) is 16.7. The van der Waals surface area contributed by atoms with Gasteiger partial charge in [0.15, 0.2) is 6.61 Å². The van der Waals surface area contributed by atoms with Crippen LogP contribution in [-0.2, 0) is 27.4 Å². The smallest absolute Gasteiger partial charge is 0.342 e. The minimum atomic E-state index is -0.790. The lowest BCUT2D eigenvalue weighted by molar-refractivity contribution is -0.124. The molecule has 1 amide bonds. The molecule has 0 aliphatic carbocycles. The van der Waals surface area contributed by atoms with Gasteiger partial charge >= 0.3 is 5.97 Å². The summed E-state index contributed by atoms with van der Waals surface area (Å²) in [6.07, 6.45) is 0. The number of esters is 1. The molecule has 0 spiro atoms. The Hall–Kier alpha value is -2.61. The molecule has 154 valence electrons. The van der Waals surface area contributed by atoms with Crippen molar-refractivity contribution in [1.29, 1.82) is 0 Å². The number of rotatable bonds is 7. The number of carbonyl (C=O) groups excluding carboxylic acids is 2. The minimum absolute atomic E-state index is 0.0435. The summed E-state index contributed by atoms with van der Waals surface area (Å²) >= 11 is 5.74. The van der Waals surface area contributed by atoms with Crippen molar-refractivity contribution in [3.05, 3.63) is 64.2 Å². The van der Waals surface area contributed by atoms with Crippen LogP contribution in [0.4, 0.5) is 0 Å². The number of phenolic OH excluding ortho intramolecular Hbond substituents is 1. The Morgan fingerprint density at radius 3 is 2.59 bits per heavy atom. The molecular weight excluding hydrogens is 396 g/mol. The summed E-state index contributed by atoms with van der Waals surface area (Å²) in [6.45, 7) is 3.92. The summed E-state index contributed by atoms with van der Waals surface area (Å²) in [7, 11) is 0. The van der Waals surface area contributed by atoms with E-state index in [4.69, 9.17) is 21.1 Å². The fourth-order valence-corrected chi connectivity index (χ4v) is 3.18. The summed E-state index contributed by atoms with van der Waals surface area (Å²) in [5.41, 5.74) is 2.10. The summed E-state index contributed by atoms with van der Waals surface area (Å²) in [4.78, 5) is 26.4. The van der Waals surface area contributed by atoms with Crippen LogP contribution < -0.4 is 5.32 Å². The second kappa shape index (κ2) is 10.2. The van der Waals surface area contributed by atoms with Crippen LogP contribution in [0.1, 0.15) is 21.5 Å². The van der Waals surface area contributed by atoms with Crippen molar-refractivity contribution in [1.82, 2.24) is 10.2 Å². The molecule has 1 fully saturated rings. The van der Waals surface area contributed by atoms with E-state index in [1.54, 1.807) is 0 Å². The van der Waals surface area contributed by atoms with E-state index in [2.05, 4.69) is 10.2 Å². The number of nitrogens with zero attached hydrogens (tertiary/aromatic N) is 1. The highest BCUT2D eigenvalue weighted by atomic mass is 35.5. The van der Waals surface area contributed by atoms with Gasteiger partial charge in [0.05, 0.1) is 13.2 Å². The van der Waals surface area contributed by atoms with E-state index < -0.39 is 18.5 Å². The molecule has 1 aliphatic heterocycles. The highest BCUT2D eigenvalue weighted by Crippen LogP contribution is 2.22. The second-order valence-electron chi connectivity index (χ2n) is 6.67. The van der Waals surface area contributed by atoms with Crippen LogP contribution in [-0.4, -0.2) is 54.8 Å². The Morgan fingerprint density at radius 1 is 1.14 bits per heavy atom. The highest BCUT2D eigenvalue weighted by Gasteiger charge is 2.16. The highest BCUT2D eigenvalue weighted by molar-refractivity contribution is 6.30. The lowest BCUT2D eigenvalue weighted by atomic mass is 10.1. The van der Waals surface area contributed by atoms with E-state index in [9.17, 15) is 14.7 Å². The number of phenols is 1. The van der Waals surface area contributed by atoms with Gasteiger partial charge in [0.2, 0.25) is 0 Å². The van der Waals surface area contributed by atoms with Crippen molar-refractivity contribution in [2.75, 3.05) is 32.9 Å².